The third-order valence-electron chi connectivity index (χ3n) is 1.20. The highest BCUT2D eigenvalue weighted by Crippen LogP contribution is 1.85. The van der Waals surface area contributed by atoms with Crippen LogP contribution >= 0.6 is 0 Å². The number of rotatable bonds is 3. The van der Waals surface area contributed by atoms with Crippen LogP contribution in [0.2, 0.25) is 0 Å². The predicted octanol–water partition coefficient (Wildman–Crippen LogP) is -2.14. The van der Waals surface area contributed by atoms with E-state index in [0.29, 0.717) is 5.75 Å². The normalized spacial score (nSPS) is 14.4. The van der Waals surface area contributed by atoms with E-state index in [2.05, 4.69) is 5.32 Å². The molecular formula is C6H13N3O3S. The van der Waals surface area contributed by atoms with Crippen molar-refractivity contribution in [3.63, 3.8) is 0 Å². The molecule has 76 valence electrons. The van der Waals surface area contributed by atoms with Crippen LogP contribution in [0.3, 0.4) is 0 Å². The van der Waals surface area contributed by atoms with E-state index < -0.39 is 22.6 Å². The molecule has 0 fully saturated rings. The van der Waals surface area contributed by atoms with Gasteiger partial charge in [-0.3, -0.25) is 19.2 Å². The lowest BCUT2D eigenvalue weighted by Gasteiger charge is -2.10. The minimum atomic E-state index is -1.00. The molecule has 13 heavy (non-hydrogen) atoms. The van der Waals surface area contributed by atoms with Gasteiger partial charge in [-0.15, -0.1) is 0 Å². The molecule has 0 saturated heterocycles. The summed E-state index contributed by atoms with van der Waals surface area (Å²) in [5.74, 6) is 3.31. The summed E-state index contributed by atoms with van der Waals surface area (Å²) >= 11 is 0. The Bertz CT molecular complexity index is 231. The molecule has 0 aliphatic heterocycles. The third kappa shape index (κ3) is 5.31. The maximum absolute atomic E-state index is 10.9. The zero-order chi connectivity index (χ0) is 10.4. The zero-order valence-electron chi connectivity index (χ0n) is 7.49. The summed E-state index contributed by atoms with van der Waals surface area (Å²) in [5, 5.41) is 2.34. The summed E-state index contributed by atoms with van der Waals surface area (Å²) in [5.41, 5.74) is 1.70. The van der Waals surface area contributed by atoms with Crippen LogP contribution in [-0.2, 0) is 20.4 Å². The molecule has 2 unspecified atom stereocenters. The van der Waals surface area contributed by atoms with Crippen LogP contribution in [0.15, 0.2) is 0 Å². The van der Waals surface area contributed by atoms with Crippen LogP contribution in [0.1, 0.15) is 6.92 Å². The third-order valence-corrected chi connectivity index (χ3v) is 2.17. The van der Waals surface area contributed by atoms with Crippen molar-refractivity contribution in [2.24, 2.45) is 5.84 Å². The molecule has 0 aromatic heterocycles. The van der Waals surface area contributed by atoms with E-state index in [0.717, 1.165) is 0 Å². The first kappa shape index (κ1) is 12.0. The topological polar surface area (TPSA) is 101 Å². The van der Waals surface area contributed by atoms with Gasteiger partial charge < -0.3 is 5.32 Å². The largest absolute Gasteiger partial charge is 0.344 e. The van der Waals surface area contributed by atoms with Crippen molar-refractivity contribution in [1.29, 1.82) is 0 Å². The van der Waals surface area contributed by atoms with Gasteiger partial charge in [-0.05, 0) is 6.92 Å². The summed E-state index contributed by atoms with van der Waals surface area (Å²) in [7, 11) is -1.00. The molecule has 2 amide bonds. The lowest BCUT2D eigenvalue weighted by Crippen LogP contribution is -2.47. The maximum atomic E-state index is 10.9. The van der Waals surface area contributed by atoms with Gasteiger partial charge in [0.05, 0.1) is 0 Å². The lowest BCUT2D eigenvalue weighted by molar-refractivity contribution is -0.139. The van der Waals surface area contributed by atoms with E-state index in [1.54, 1.807) is 12.3 Å². The number of hydrazine groups is 1. The van der Waals surface area contributed by atoms with Gasteiger partial charge in [0.2, 0.25) is 0 Å². The minimum Gasteiger partial charge on any atom is -0.344 e. The van der Waals surface area contributed by atoms with Gasteiger partial charge in [-0.2, -0.15) is 0 Å². The molecule has 0 bridgehead atoms. The Labute approximate surface area is 78.7 Å². The lowest BCUT2D eigenvalue weighted by atomic mass is 10.4. The van der Waals surface area contributed by atoms with Crippen LogP contribution in [0.25, 0.3) is 0 Å². The van der Waals surface area contributed by atoms with Crippen LogP contribution in [0.4, 0.5) is 0 Å². The first-order chi connectivity index (χ1) is 5.97. The van der Waals surface area contributed by atoms with E-state index in [4.69, 9.17) is 5.84 Å². The Kier molecular flexibility index (Phi) is 5.24. The highest BCUT2D eigenvalue weighted by atomic mass is 32.2. The quantitative estimate of drug-likeness (QED) is 0.213. The van der Waals surface area contributed by atoms with Gasteiger partial charge in [0, 0.05) is 28.9 Å². The molecule has 0 rings (SSSR count). The molecule has 0 aromatic rings. The van der Waals surface area contributed by atoms with Crippen LogP contribution in [0.5, 0.6) is 0 Å². The fraction of sp³-hybridized carbons (Fsp3) is 0.667. The molecule has 0 spiro atoms. The second-order valence-corrected chi connectivity index (χ2v) is 4.07. The van der Waals surface area contributed by atoms with Crippen molar-refractivity contribution in [2.45, 2.75) is 13.0 Å². The second kappa shape index (κ2) is 5.65. The average Bonchev–Trinajstić information content (AvgIpc) is 2.01. The molecule has 4 N–H and O–H groups in total. The zero-order valence-corrected chi connectivity index (χ0v) is 8.31. The van der Waals surface area contributed by atoms with E-state index >= 15 is 0 Å². The Balaban J connectivity index is 3.91. The number of carbonyl (C=O) groups excluding carboxylic acids is 2. The first-order valence-electron chi connectivity index (χ1n) is 3.58. The average molecular weight is 207 g/mol. The molecule has 6 nitrogen and oxygen atoms in total. The van der Waals surface area contributed by atoms with E-state index in [-0.39, 0.29) is 6.04 Å². The smallest absolute Gasteiger partial charge is 0.323 e. The van der Waals surface area contributed by atoms with Crippen LogP contribution < -0.4 is 16.6 Å². The summed E-state index contributed by atoms with van der Waals surface area (Å²) in [6.07, 6.45) is 1.52. The maximum Gasteiger partial charge on any atom is 0.323 e. The van der Waals surface area contributed by atoms with Crippen molar-refractivity contribution in [2.75, 3.05) is 12.0 Å². The van der Waals surface area contributed by atoms with Crippen molar-refractivity contribution in [1.82, 2.24) is 10.7 Å². The SMILES string of the molecule is CC(CS(C)=O)NC(=O)C(=O)NN. The number of nitrogens with two attached hydrogens (primary N) is 1. The van der Waals surface area contributed by atoms with Crippen LogP contribution in [-0.4, -0.2) is 34.1 Å². The van der Waals surface area contributed by atoms with Crippen LogP contribution in [0, 0.1) is 0 Å². The molecule has 7 heteroatoms. The predicted molar refractivity (Wildman–Crippen MR) is 48.9 cm³/mol. The summed E-state index contributed by atoms with van der Waals surface area (Å²) in [4.78, 5) is 21.5. The second-order valence-electron chi connectivity index (χ2n) is 2.59. The summed E-state index contributed by atoms with van der Waals surface area (Å²) < 4.78 is 10.7. The van der Waals surface area contributed by atoms with E-state index in [1.165, 1.54) is 6.26 Å². The highest BCUT2D eigenvalue weighted by Gasteiger charge is 2.14. The molecular weight excluding hydrogens is 194 g/mol. The molecule has 0 heterocycles. The van der Waals surface area contributed by atoms with Crippen molar-refractivity contribution >= 4 is 22.6 Å². The monoisotopic (exact) mass is 207 g/mol. The summed E-state index contributed by atoms with van der Waals surface area (Å²) in [6.45, 7) is 1.66. The molecule has 0 aliphatic carbocycles. The van der Waals surface area contributed by atoms with Gasteiger partial charge in [0.1, 0.15) is 0 Å². The number of hydrogen-bond donors (Lipinski definition) is 3. The fourth-order valence-corrected chi connectivity index (χ4v) is 1.54. The Morgan fingerprint density at radius 2 is 2.00 bits per heavy atom. The fourth-order valence-electron chi connectivity index (χ4n) is 0.749. The summed E-state index contributed by atoms with van der Waals surface area (Å²) in [6, 6.07) is -0.310. The molecule has 2 atom stereocenters. The molecule has 0 saturated carbocycles. The van der Waals surface area contributed by atoms with E-state index in [9.17, 15) is 13.8 Å². The number of amides is 2. The van der Waals surface area contributed by atoms with Crippen molar-refractivity contribution < 1.29 is 13.8 Å². The standard InChI is InChI=1S/C6H13N3O3S/c1-4(3-13(2)12)8-5(10)6(11)9-7/h4H,3,7H2,1-2H3,(H,8,10)(H,9,11). The van der Waals surface area contributed by atoms with Gasteiger partial charge in [0.15, 0.2) is 0 Å². The Morgan fingerprint density at radius 1 is 1.46 bits per heavy atom. The first-order valence-corrected chi connectivity index (χ1v) is 5.31. The molecule has 0 radical (unpaired) electrons. The highest BCUT2D eigenvalue weighted by molar-refractivity contribution is 7.84. The Morgan fingerprint density at radius 3 is 2.38 bits per heavy atom. The van der Waals surface area contributed by atoms with E-state index in [1.807, 2.05) is 0 Å². The number of nitrogens with one attached hydrogen (secondary N) is 2. The number of carbonyl (C=O) groups is 2. The number of hydrogen-bond acceptors (Lipinski definition) is 4. The molecule has 0 aliphatic rings. The van der Waals surface area contributed by atoms with Gasteiger partial charge in [-0.25, -0.2) is 5.84 Å². The van der Waals surface area contributed by atoms with Crippen molar-refractivity contribution in [3.8, 4) is 0 Å². The van der Waals surface area contributed by atoms with Gasteiger partial charge in [0.25, 0.3) is 0 Å². The van der Waals surface area contributed by atoms with Crippen molar-refractivity contribution in [3.05, 3.63) is 0 Å². The van der Waals surface area contributed by atoms with Gasteiger partial charge >= 0.3 is 11.8 Å². The van der Waals surface area contributed by atoms with Gasteiger partial charge in [-0.1, -0.05) is 0 Å². The Hall–Kier alpha value is -0.950. The molecule has 0 aromatic carbocycles. The minimum absolute atomic E-state index is 0.309.